The third-order valence-electron chi connectivity index (χ3n) is 6.21. The van der Waals surface area contributed by atoms with E-state index in [0.717, 1.165) is 60.9 Å². The first-order valence-corrected chi connectivity index (χ1v) is 10.7. The Morgan fingerprint density at radius 1 is 1.06 bits per heavy atom. The number of anilines is 1. The van der Waals surface area contributed by atoms with Crippen LogP contribution in [0.1, 0.15) is 41.2 Å². The van der Waals surface area contributed by atoms with Gasteiger partial charge in [0.25, 0.3) is 0 Å². The van der Waals surface area contributed by atoms with E-state index in [2.05, 4.69) is 24.8 Å². The monoisotopic (exact) mass is 418 g/mol. The fourth-order valence-corrected chi connectivity index (χ4v) is 4.49. The second-order valence-electron chi connectivity index (χ2n) is 8.19. The van der Waals surface area contributed by atoms with Crippen molar-refractivity contribution in [1.29, 1.82) is 0 Å². The number of aromatic nitrogens is 5. The number of rotatable bonds is 3. The second kappa shape index (κ2) is 7.85. The fraction of sp³-hybridized carbons (Fsp3) is 0.435. The normalized spacial score (nSPS) is 17.5. The maximum Gasteiger partial charge on any atom is 0.227 e. The SMILES string of the molecule is Cc1ncc2c(n1)C1(CCN(c3ncnc(Oc4cccnc4C)c3C)CC1)OCC2. The summed E-state index contributed by atoms with van der Waals surface area (Å²) in [6.07, 6.45) is 7.88. The van der Waals surface area contributed by atoms with Gasteiger partial charge >= 0.3 is 0 Å². The Hall–Kier alpha value is -3.13. The Labute approximate surface area is 181 Å². The molecule has 3 aromatic heterocycles. The summed E-state index contributed by atoms with van der Waals surface area (Å²) in [7, 11) is 0. The van der Waals surface area contributed by atoms with Crippen molar-refractivity contribution in [3.05, 3.63) is 59.2 Å². The molecule has 1 fully saturated rings. The molecule has 2 aliphatic heterocycles. The Morgan fingerprint density at radius 3 is 2.71 bits per heavy atom. The van der Waals surface area contributed by atoms with E-state index in [9.17, 15) is 0 Å². The van der Waals surface area contributed by atoms with Crippen molar-refractivity contribution in [3.63, 3.8) is 0 Å². The van der Waals surface area contributed by atoms with E-state index < -0.39 is 0 Å². The highest BCUT2D eigenvalue weighted by molar-refractivity contribution is 5.52. The van der Waals surface area contributed by atoms with Gasteiger partial charge in [0.1, 0.15) is 23.6 Å². The zero-order chi connectivity index (χ0) is 21.4. The van der Waals surface area contributed by atoms with E-state index in [1.54, 1.807) is 12.5 Å². The summed E-state index contributed by atoms with van der Waals surface area (Å²) < 4.78 is 12.4. The van der Waals surface area contributed by atoms with Gasteiger partial charge in [-0.15, -0.1) is 0 Å². The van der Waals surface area contributed by atoms with Crippen LogP contribution in [0.4, 0.5) is 5.82 Å². The smallest absolute Gasteiger partial charge is 0.227 e. The first-order chi connectivity index (χ1) is 15.1. The lowest BCUT2D eigenvalue weighted by Crippen LogP contribution is -2.47. The van der Waals surface area contributed by atoms with Crippen molar-refractivity contribution >= 4 is 5.82 Å². The van der Waals surface area contributed by atoms with E-state index in [1.807, 2.05) is 39.1 Å². The summed E-state index contributed by atoms with van der Waals surface area (Å²) in [4.78, 5) is 24.7. The third kappa shape index (κ3) is 3.61. The molecule has 0 aliphatic carbocycles. The van der Waals surface area contributed by atoms with Gasteiger partial charge in [-0.25, -0.2) is 19.9 Å². The molecule has 3 aromatic rings. The quantitative estimate of drug-likeness (QED) is 0.639. The molecular weight excluding hydrogens is 392 g/mol. The first-order valence-electron chi connectivity index (χ1n) is 10.7. The molecule has 5 rings (SSSR count). The van der Waals surface area contributed by atoms with Gasteiger partial charge in [0.2, 0.25) is 5.88 Å². The van der Waals surface area contributed by atoms with Crippen molar-refractivity contribution in [2.24, 2.45) is 0 Å². The highest BCUT2D eigenvalue weighted by atomic mass is 16.5. The summed E-state index contributed by atoms with van der Waals surface area (Å²) in [5, 5.41) is 0. The second-order valence-corrected chi connectivity index (χ2v) is 8.19. The summed E-state index contributed by atoms with van der Waals surface area (Å²) in [5.41, 5.74) is 3.70. The van der Waals surface area contributed by atoms with Gasteiger partial charge in [0, 0.05) is 25.5 Å². The van der Waals surface area contributed by atoms with Crippen LogP contribution in [0, 0.1) is 20.8 Å². The lowest BCUT2D eigenvalue weighted by Gasteiger charge is -2.44. The summed E-state index contributed by atoms with van der Waals surface area (Å²) in [6.45, 7) is 8.23. The van der Waals surface area contributed by atoms with Crippen LogP contribution in [-0.4, -0.2) is 44.6 Å². The van der Waals surface area contributed by atoms with Crippen molar-refractivity contribution in [3.8, 4) is 11.6 Å². The minimum absolute atomic E-state index is 0.329. The lowest BCUT2D eigenvalue weighted by molar-refractivity contribution is -0.0803. The van der Waals surface area contributed by atoms with E-state index in [0.29, 0.717) is 18.2 Å². The van der Waals surface area contributed by atoms with Gasteiger partial charge in [-0.3, -0.25) is 4.98 Å². The molecule has 1 saturated heterocycles. The molecule has 2 aliphatic rings. The van der Waals surface area contributed by atoms with Crippen molar-refractivity contribution in [2.45, 2.75) is 45.6 Å². The average molecular weight is 419 g/mol. The van der Waals surface area contributed by atoms with E-state index >= 15 is 0 Å². The molecule has 0 amide bonds. The van der Waals surface area contributed by atoms with E-state index in [-0.39, 0.29) is 5.60 Å². The van der Waals surface area contributed by atoms with E-state index in [4.69, 9.17) is 14.5 Å². The van der Waals surface area contributed by atoms with Gasteiger partial charge in [0.15, 0.2) is 5.75 Å². The Kier molecular flexibility index (Phi) is 5.02. The number of hydrogen-bond acceptors (Lipinski definition) is 8. The molecule has 0 N–H and O–H groups in total. The minimum Gasteiger partial charge on any atom is -0.437 e. The molecule has 0 unspecified atom stereocenters. The fourth-order valence-electron chi connectivity index (χ4n) is 4.49. The zero-order valence-electron chi connectivity index (χ0n) is 18.1. The molecule has 0 aromatic carbocycles. The molecule has 0 saturated carbocycles. The number of pyridine rings is 1. The average Bonchev–Trinajstić information content (AvgIpc) is 2.78. The molecule has 0 radical (unpaired) electrons. The number of ether oxygens (including phenoxy) is 2. The number of fused-ring (bicyclic) bond motifs is 2. The third-order valence-corrected chi connectivity index (χ3v) is 6.21. The Bertz CT molecular complexity index is 1110. The molecule has 0 bridgehead atoms. The van der Waals surface area contributed by atoms with E-state index in [1.165, 1.54) is 5.56 Å². The first kappa shape index (κ1) is 19.8. The molecule has 5 heterocycles. The highest BCUT2D eigenvalue weighted by Gasteiger charge is 2.43. The molecule has 8 heteroatoms. The standard InChI is InChI=1S/C23H26N6O2/c1-15-21(26-14-27-22(15)31-19-5-4-9-24-16(19)2)29-10-7-23(8-11-29)20-18(6-12-30-23)13-25-17(3)28-20/h4-5,9,13-14H,6-8,10-12H2,1-3H3. The minimum atomic E-state index is -0.329. The van der Waals surface area contributed by atoms with Gasteiger partial charge in [-0.05, 0) is 57.7 Å². The van der Waals surface area contributed by atoms with Crippen molar-refractivity contribution in [1.82, 2.24) is 24.9 Å². The molecule has 31 heavy (non-hydrogen) atoms. The van der Waals surface area contributed by atoms with Gasteiger partial charge < -0.3 is 14.4 Å². The summed E-state index contributed by atoms with van der Waals surface area (Å²) >= 11 is 0. The summed E-state index contributed by atoms with van der Waals surface area (Å²) in [6, 6.07) is 3.76. The number of piperidine rings is 1. The van der Waals surface area contributed by atoms with Crippen LogP contribution in [0.25, 0.3) is 0 Å². The van der Waals surface area contributed by atoms with Crippen LogP contribution in [0.15, 0.2) is 30.9 Å². The Morgan fingerprint density at radius 2 is 1.90 bits per heavy atom. The topological polar surface area (TPSA) is 86.2 Å². The van der Waals surface area contributed by atoms with Crippen LogP contribution in [0.2, 0.25) is 0 Å². The molecular formula is C23H26N6O2. The Balaban J connectivity index is 1.37. The largest absolute Gasteiger partial charge is 0.437 e. The molecule has 8 nitrogen and oxygen atoms in total. The van der Waals surface area contributed by atoms with Crippen molar-refractivity contribution in [2.75, 3.05) is 24.6 Å². The molecule has 1 spiro atoms. The molecule has 160 valence electrons. The van der Waals surface area contributed by atoms with Crippen molar-refractivity contribution < 1.29 is 9.47 Å². The zero-order valence-corrected chi connectivity index (χ0v) is 18.1. The number of hydrogen-bond donors (Lipinski definition) is 0. The number of nitrogens with zero attached hydrogens (tertiary/aromatic N) is 6. The van der Waals surface area contributed by atoms with Crippen LogP contribution >= 0.6 is 0 Å². The number of aryl methyl sites for hydroxylation is 2. The van der Waals surface area contributed by atoms with Crippen LogP contribution < -0.4 is 9.64 Å². The lowest BCUT2D eigenvalue weighted by atomic mass is 9.83. The van der Waals surface area contributed by atoms with Crippen LogP contribution in [-0.2, 0) is 16.8 Å². The van der Waals surface area contributed by atoms with Gasteiger partial charge in [-0.1, -0.05) is 0 Å². The predicted molar refractivity (Wildman–Crippen MR) is 115 cm³/mol. The van der Waals surface area contributed by atoms with Gasteiger partial charge in [-0.2, -0.15) is 0 Å². The van der Waals surface area contributed by atoms with Gasteiger partial charge in [0.05, 0.1) is 23.6 Å². The predicted octanol–water partition coefficient (Wildman–Crippen LogP) is 3.45. The van der Waals surface area contributed by atoms with Crippen LogP contribution in [0.5, 0.6) is 11.6 Å². The maximum atomic E-state index is 6.34. The summed E-state index contributed by atoms with van der Waals surface area (Å²) in [5.74, 6) is 2.96. The maximum absolute atomic E-state index is 6.34. The van der Waals surface area contributed by atoms with Crippen LogP contribution in [0.3, 0.4) is 0 Å². The molecule has 0 atom stereocenters. The highest BCUT2D eigenvalue weighted by Crippen LogP contribution is 2.41.